The summed E-state index contributed by atoms with van der Waals surface area (Å²) in [5.74, 6) is 0.427. The lowest BCUT2D eigenvalue weighted by Gasteiger charge is -2.27. The van der Waals surface area contributed by atoms with E-state index in [1.54, 1.807) is 12.1 Å². The fourth-order valence-corrected chi connectivity index (χ4v) is 5.57. The number of hydrogen-bond donors (Lipinski definition) is 4. The third kappa shape index (κ3) is 6.26. The van der Waals surface area contributed by atoms with Crippen molar-refractivity contribution >= 4 is 33.4 Å². The number of aromatic nitrogens is 2. The van der Waals surface area contributed by atoms with Gasteiger partial charge in [0.25, 0.3) is 5.91 Å². The Kier molecular flexibility index (Phi) is 8.16. The van der Waals surface area contributed by atoms with Gasteiger partial charge in [0.2, 0.25) is 16.0 Å². The number of ether oxygens (including phenoxy) is 1. The number of nitrogens with one attached hydrogen (secondary N) is 3. The van der Waals surface area contributed by atoms with Crippen LogP contribution in [0.3, 0.4) is 0 Å². The third-order valence-electron chi connectivity index (χ3n) is 6.13. The van der Waals surface area contributed by atoms with E-state index in [2.05, 4.69) is 25.9 Å². The number of sulfonamides is 1. The van der Waals surface area contributed by atoms with E-state index in [0.717, 1.165) is 12.8 Å². The Morgan fingerprint density at radius 2 is 1.83 bits per heavy atom. The second-order valence-electron chi connectivity index (χ2n) is 8.63. The van der Waals surface area contributed by atoms with Crippen molar-refractivity contribution in [3.63, 3.8) is 0 Å². The zero-order chi connectivity index (χ0) is 24.8. The predicted octanol–water partition coefficient (Wildman–Crippen LogP) is 1.90. The van der Waals surface area contributed by atoms with Gasteiger partial charge in [-0.05, 0) is 56.9 Å². The molecule has 1 aromatic heterocycles. The van der Waals surface area contributed by atoms with Gasteiger partial charge >= 0.3 is 0 Å². The first-order chi connectivity index (χ1) is 16.9. The largest absolute Gasteiger partial charge is 0.393 e. The van der Waals surface area contributed by atoms with E-state index in [1.807, 2.05) is 6.92 Å². The molecule has 4 rings (SSSR count). The van der Waals surface area contributed by atoms with Crippen LogP contribution in [-0.4, -0.2) is 78.7 Å². The molecule has 0 bridgehead atoms. The van der Waals surface area contributed by atoms with Crippen LogP contribution in [0, 0.1) is 0 Å². The summed E-state index contributed by atoms with van der Waals surface area (Å²) in [4.78, 5) is 22.0. The van der Waals surface area contributed by atoms with Crippen molar-refractivity contribution in [3.8, 4) is 0 Å². The molecular weight excluding hydrogens is 472 g/mol. The maximum Gasteiger partial charge on any atom is 0.260 e. The molecule has 1 saturated carbocycles. The molecule has 0 spiro atoms. The molecule has 1 aliphatic carbocycles. The fraction of sp³-hybridized carbons (Fsp3) is 0.522. The van der Waals surface area contributed by atoms with Crippen LogP contribution in [0.5, 0.6) is 0 Å². The highest BCUT2D eigenvalue weighted by atomic mass is 32.2. The SMILES string of the molecule is CCNc1ncc(C(=O)Nc2ccc(S(=O)(=O)N3CCOCC3)cc2)c(N[C@H]2CC[C@H](O)CC2)n1. The predicted molar refractivity (Wildman–Crippen MR) is 132 cm³/mol. The van der Waals surface area contributed by atoms with Gasteiger partial charge in [-0.2, -0.15) is 9.29 Å². The second-order valence-corrected chi connectivity index (χ2v) is 10.6. The standard InChI is InChI=1S/C23H32N6O5S/c1-2-24-23-25-15-20(21(28-23)26-16-3-7-18(30)8-4-16)22(31)27-17-5-9-19(10-6-17)35(32,33)29-11-13-34-14-12-29/h5-6,9-10,15-16,18,30H,2-4,7-8,11-14H2,1H3,(H,27,31)(H2,24,25,26,28)/t16-,18-. The minimum Gasteiger partial charge on any atom is -0.393 e. The number of benzene rings is 1. The molecule has 1 aromatic carbocycles. The lowest BCUT2D eigenvalue weighted by atomic mass is 9.93. The van der Waals surface area contributed by atoms with Crippen molar-refractivity contribution < 1.29 is 23.1 Å². The molecule has 0 unspecified atom stereocenters. The molecule has 12 heteroatoms. The first-order valence-corrected chi connectivity index (χ1v) is 13.4. The van der Waals surface area contributed by atoms with Gasteiger partial charge in [0.15, 0.2) is 0 Å². The monoisotopic (exact) mass is 504 g/mol. The normalized spacial score (nSPS) is 21.3. The Hall–Kier alpha value is -2.80. The zero-order valence-electron chi connectivity index (χ0n) is 19.7. The Bertz CT molecular complexity index is 1110. The molecule has 0 radical (unpaired) electrons. The molecule has 2 aliphatic rings. The Morgan fingerprint density at radius 1 is 1.14 bits per heavy atom. The highest BCUT2D eigenvalue weighted by Crippen LogP contribution is 2.25. The minimum atomic E-state index is -3.61. The van der Waals surface area contributed by atoms with Crippen LogP contribution in [0.2, 0.25) is 0 Å². The molecule has 11 nitrogen and oxygen atoms in total. The molecule has 190 valence electrons. The summed E-state index contributed by atoms with van der Waals surface area (Å²) in [7, 11) is -3.61. The van der Waals surface area contributed by atoms with Gasteiger partial charge in [0.05, 0.1) is 24.2 Å². The lowest BCUT2D eigenvalue weighted by molar-refractivity contribution is 0.0730. The topological polar surface area (TPSA) is 146 Å². The van der Waals surface area contributed by atoms with Gasteiger partial charge < -0.3 is 25.8 Å². The second kappa shape index (κ2) is 11.3. The maximum absolute atomic E-state index is 13.1. The third-order valence-corrected chi connectivity index (χ3v) is 8.04. The van der Waals surface area contributed by atoms with E-state index in [1.165, 1.54) is 22.6 Å². The number of carbonyl (C=O) groups is 1. The van der Waals surface area contributed by atoms with E-state index < -0.39 is 15.9 Å². The van der Waals surface area contributed by atoms with E-state index in [-0.39, 0.29) is 22.6 Å². The summed E-state index contributed by atoms with van der Waals surface area (Å²) < 4.78 is 32.3. The van der Waals surface area contributed by atoms with Gasteiger partial charge in [-0.3, -0.25) is 4.79 Å². The van der Waals surface area contributed by atoms with Crippen molar-refractivity contribution in [2.75, 3.05) is 48.8 Å². The average Bonchev–Trinajstić information content (AvgIpc) is 2.87. The quantitative estimate of drug-likeness (QED) is 0.423. The average molecular weight is 505 g/mol. The number of aliphatic hydroxyl groups is 1. The summed E-state index contributed by atoms with van der Waals surface area (Å²) in [6.45, 7) is 3.96. The zero-order valence-corrected chi connectivity index (χ0v) is 20.6. The number of nitrogens with zero attached hydrogens (tertiary/aromatic N) is 3. The van der Waals surface area contributed by atoms with Crippen LogP contribution < -0.4 is 16.0 Å². The van der Waals surface area contributed by atoms with Crippen LogP contribution in [0.1, 0.15) is 43.0 Å². The van der Waals surface area contributed by atoms with Crippen molar-refractivity contribution in [1.29, 1.82) is 0 Å². The Labute approximate surface area is 205 Å². The number of amides is 1. The Balaban J connectivity index is 1.48. The number of carbonyl (C=O) groups excluding carboxylic acids is 1. The van der Waals surface area contributed by atoms with Gasteiger partial charge in [0.1, 0.15) is 11.4 Å². The van der Waals surface area contributed by atoms with Crippen LogP contribution >= 0.6 is 0 Å². The molecule has 35 heavy (non-hydrogen) atoms. The van der Waals surface area contributed by atoms with Crippen LogP contribution in [0.25, 0.3) is 0 Å². The Morgan fingerprint density at radius 3 is 2.49 bits per heavy atom. The molecule has 4 N–H and O–H groups in total. The van der Waals surface area contributed by atoms with Gasteiger partial charge in [-0.25, -0.2) is 13.4 Å². The van der Waals surface area contributed by atoms with Crippen molar-refractivity contribution in [1.82, 2.24) is 14.3 Å². The number of hydrogen-bond acceptors (Lipinski definition) is 9. The van der Waals surface area contributed by atoms with Crippen LogP contribution in [-0.2, 0) is 14.8 Å². The van der Waals surface area contributed by atoms with E-state index in [4.69, 9.17) is 4.74 Å². The summed E-state index contributed by atoms with van der Waals surface area (Å²) in [5.41, 5.74) is 0.737. The van der Waals surface area contributed by atoms with Crippen LogP contribution in [0.15, 0.2) is 35.4 Å². The first-order valence-electron chi connectivity index (χ1n) is 11.9. The number of aliphatic hydroxyl groups excluding tert-OH is 1. The molecule has 2 aromatic rings. The van der Waals surface area contributed by atoms with Crippen molar-refractivity contribution in [3.05, 3.63) is 36.0 Å². The molecule has 2 heterocycles. The molecule has 0 atom stereocenters. The van der Waals surface area contributed by atoms with Crippen molar-refractivity contribution in [2.45, 2.75) is 49.6 Å². The number of morpholine rings is 1. The summed E-state index contributed by atoms with van der Waals surface area (Å²) in [5, 5.41) is 19.0. The van der Waals surface area contributed by atoms with Gasteiger partial charge in [0, 0.05) is 37.6 Å². The van der Waals surface area contributed by atoms with Gasteiger partial charge in [-0.1, -0.05) is 0 Å². The molecule has 1 amide bonds. The molecule has 2 fully saturated rings. The van der Waals surface area contributed by atoms with E-state index >= 15 is 0 Å². The van der Waals surface area contributed by atoms with Crippen LogP contribution in [0.4, 0.5) is 17.5 Å². The molecule has 1 aliphatic heterocycles. The summed E-state index contributed by atoms with van der Waals surface area (Å²) in [6.07, 6.45) is 4.14. The highest BCUT2D eigenvalue weighted by Gasteiger charge is 2.26. The summed E-state index contributed by atoms with van der Waals surface area (Å²) >= 11 is 0. The number of rotatable bonds is 8. The van der Waals surface area contributed by atoms with E-state index in [9.17, 15) is 18.3 Å². The minimum absolute atomic E-state index is 0.0963. The summed E-state index contributed by atoms with van der Waals surface area (Å²) in [6, 6.07) is 6.19. The maximum atomic E-state index is 13.1. The molecule has 1 saturated heterocycles. The van der Waals surface area contributed by atoms with E-state index in [0.29, 0.717) is 63.1 Å². The van der Waals surface area contributed by atoms with Gasteiger partial charge in [-0.15, -0.1) is 0 Å². The smallest absolute Gasteiger partial charge is 0.260 e. The number of anilines is 3. The van der Waals surface area contributed by atoms with Crippen molar-refractivity contribution in [2.24, 2.45) is 0 Å². The fourth-order valence-electron chi connectivity index (χ4n) is 4.16. The highest BCUT2D eigenvalue weighted by molar-refractivity contribution is 7.89. The lowest BCUT2D eigenvalue weighted by Crippen LogP contribution is -2.40. The first kappa shape index (κ1) is 25.3. The molecular formula is C23H32N6O5S.